The van der Waals surface area contributed by atoms with Crippen molar-refractivity contribution in [3.8, 4) is 0 Å². The first-order valence-corrected chi connectivity index (χ1v) is 3.82. The molecular weight excluding hydrogens is 181 g/mol. The van der Waals surface area contributed by atoms with E-state index in [2.05, 4.69) is 10.2 Å². The summed E-state index contributed by atoms with van der Waals surface area (Å²) in [4.78, 5) is 0. The van der Waals surface area contributed by atoms with Gasteiger partial charge in [-0.25, -0.2) is 13.2 Å². The van der Waals surface area contributed by atoms with Crippen molar-refractivity contribution in [3.05, 3.63) is 28.6 Å². The van der Waals surface area contributed by atoms with Gasteiger partial charge in [0.1, 0.15) is 0 Å². The molecule has 0 aliphatic heterocycles. The smallest absolute Gasteiger partial charge is 0.194 e. The summed E-state index contributed by atoms with van der Waals surface area (Å²) >= 11 is 0. The van der Waals surface area contributed by atoms with E-state index < -0.39 is 17.5 Å². The van der Waals surface area contributed by atoms with Gasteiger partial charge in [0.05, 0.1) is 10.2 Å². The zero-order valence-electron chi connectivity index (χ0n) is 6.63. The van der Waals surface area contributed by atoms with Gasteiger partial charge >= 0.3 is 0 Å². The summed E-state index contributed by atoms with van der Waals surface area (Å²) in [6, 6.07) is 0. The van der Waals surface area contributed by atoms with Crippen LogP contribution in [0.3, 0.4) is 0 Å². The van der Waals surface area contributed by atoms with Crippen molar-refractivity contribution in [2.75, 3.05) is 0 Å². The van der Waals surface area contributed by atoms with Gasteiger partial charge in [0.15, 0.2) is 17.5 Å². The molecule has 1 rings (SSSR count). The molecule has 0 fully saturated rings. The Morgan fingerprint density at radius 2 is 1.33 bits per heavy atom. The largest absolute Gasteiger partial charge is 0.204 e. The zero-order chi connectivity index (χ0) is 9.46. The van der Waals surface area contributed by atoms with E-state index in [4.69, 9.17) is 0 Å². The van der Waals surface area contributed by atoms with Crippen LogP contribution in [0.5, 0.6) is 0 Å². The molecule has 0 nitrogen and oxygen atoms in total. The highest BCUT2D eigenvalue weighted by Gasteiger charge is 2.16. The number of halogens is 3. The van der Waals surface area contributed by atoms with E-state index in [1.165, 1.54) is 13.8 Å². The van der Waals surface area contributed by atoms with E-state index in [1.54, 1.807) is 0 Å². The Balaban J connectivity index is 3.60. The number of hydrogen-bond acceptors (Lipinski definition) is 0. The standard InChI is InChI=1S/C8H6F3Si/c1-3-4(2)8(12)7(11)6(10)5(3)9/h1-2H3. The minimum absolute atomic E-state index is 0.0219. The molecule has 3 radical (unpaired) electrons. The molecule has 0 N–H and O–H groups in total. The molecular formula is C8H6F3Si. The summed E-state index contributed by atoms with van der Waals surface area (Å²) < 4.78 is 38.2. The first-order valence-electron chi connectivity index (χ1n) is 3.32. The second kappa shape index (κ2) is 2.93. The maximum atomic E-state index is 12.8. The third-order valence-corrected chi connectivity index (χ3v) is 2.47. The highest BCUT2D eigenvalue weighted by Crippen LogP contribution is 2.15. The fourth-order valence-electron chi connectivity index (χ4n) is 0.887. The van der Waals surface area contributed by atoms with E-state index in [0.29, 0.717) is 5.56 Å². The lowest BCUT2D eigenvalue weighted by atomic mass is 10.1. The Kier molecular flexibility index (Phi) is 2.28. The minimum atomic E-state index is -1.43. The molecule has 0 unspecified atom stereocenters. The molecule has 12 heavy (non-hydrogen) atoms. The van der Waals surface area contributed by atoms with Gasteiger partial charge in [0.2, 0.25) is 0 Å². The monoisotopic (exact) mass is 187 g/mol. The highest BCUT2D eigenvalue weighted by molar-refractivity contribution is 6.33. The molecule has 1 aromatic carbocycles. The van der Waals surface area contributed by atoms with Gasteiger partial charge in [-0.05, 0) is 30.2 Å². The van der Waals surface area contributed by atoms with Crippen LogP contribution in [0.1, 0.15) is 11.1 Å². The Hall–Kier alpha value is -0.773. The van der Waals surface area contributed by atoms with Crippen LogP contribution in [0.2, 0.25) is 0 Å². The van der Waals surface area contributed by atoms with E-state index in [-0.39, 0.29) is 10.8 Å². The molecule has 0 amide bonds. The number of rotatable bonds is 0. The van der Waals surface area contributed by atoms with Crippen LogP contribution in [0, 0.1) is 31.3 Å². The van der Waals surface area contributed by atoms with Gasteiger partial charge in [-0.3, -0.25) is 0 Å². The SMILES string of the molecule is Cc1c(C)c([Si])c(F)c(F)c1F. The summed E-state index contributed by atoms with van der Waals surface area (Å²) in [6.07, 6.45) is 0. The van der Waals surface area contributed by atoms with Gasteiger partial charge in [0, 0.05) is 0 Å². The Morgan fingerprint density at radius 1 is 0.833 bits per heavy atom. The quantitative estimate of drug-likeness (QED) is 0.426. The van der Waals surface area contributed by atoms with Gasteiger partial charge in [0.25, 0.3) is 0 Å². The number of benzene rings is 1. The lowest BCUT2D eigenvalue weighted by molar-refractivity contribution is 0.446. The van der Waals surface area contributed by atoms with Crippen molar-refractivity contribution in [3.63, 3.8) is 0 Å². The minimum Gasteiger partial charge on any atom is -0.204 e. The van der Waals surface area contributed by atoms with Crippen molar-refractivity contribution < 1.29 is 13.2 Å². The van der Waals surface area contributed by atoms with E-state index >= 15 is 0 Å². The fourth-order valence-corrected chi connectivity index (χ4v) is 1.18. The van der Waals surface area contributed by atoms with Crippen molar-refractivity contribution in [2.45, 2.75) is 13.8 Å². The summed E-state index contributed by atoms with van der Waals surface area (Å²) in [5.74, 6) is -3.72. The molecule has 0 bridgehead atoms. The summed E-state index contributed by atoms with van der Waals surface area (Å²) in [5.41, 5.74) is 0.502. The van der Waals surface area contributed by atoms with Gasteiger partial charge in [-0.15, -0.1) is 0 Å². The second-order valence-electron chi connectivity index (χ2n) is 2.57. The maximum Gasteiger partial charge on any atom is 0.194 e. The number of hydrogen-bond donors (Lipinski definition) is 0. The molecule has 0 spiro atoms. The molecule has 0 saturated heterocycles. The molecule has 0 saturated carbocycles. The van der Waals surface area contributed by atoms with Crippen LogP contribution in [-0.4, -0.2) is 10.2 Å². The zero-order valence-corrected chi connectivity index (χ0v) is 7.63. The average molecular weight is 187 g/mol. The third kappa shape index (κ3) is 1.16. The van der Waals surface area contributed by atoms with E-state index in [0.717, 1.165) is 0 Å². The normalized spacial score (nSPS) is 10.5. The average Bonchev–Trinajstić information content (AvgIpc) is 2.08. The summed E-state index contributed by atoms with van der Waals surface area (Å²) in [6.45, 7) is 2.92. The molecule has 0 heterocycles. The lowest BCUT2D eigenvalue weighted by Gasteiger charge is -2.07. The van der Waals surface area contributed by atoms with E-state index in [9.17, 15) is 13.2 Å². The van der Waals surface area contributed by atoms with Crippen molar-refractivity contribution >= 4 is 15.4 Å². The Labute approximate surface area is 71.8 Å². The summed E-state index contributed by atoms with van der Waals surface area (Å²) in [7, 11) is 2.89. The third-order valence-electron chi connectivity index (χ3n) is 1.87. The van der Waals surface area contributed by atoms with Crippen LogP contribution in [0.25, 0.3) is 0 Å². The van der Waals surface area contributed by atoms with Crippen molar-refractivity contribution in [2.24, 2.45) is 0 Å². The molecule has 63 valence electrons. The van der Waals surface area contributed by atoms with Crippen molar-refractivity contribution in [1.29, 1.82) is 0 Å². The van der Waals surface area contributed by atoms with Crippen LogP contribution >= 0.6 is 0 Å². The molecule has 0 aliphatic rings. The molecule has 1 aromatic rings. The predicted octanol–water partition coefficient (Wildman–Crippen LogP) is 1.51. The highest BCUT2D eigenvalue weighted by atomic mass is 28.1. The Bertz CT molecular complexity index is 229. The summed E-state index contributed by atoms with van der Waals surface area (Å²) in [5, 5.41) is -0.0219. The van der Waals surface area contributed by atoms with Gasteiger partial charge in [-0.1, -0.05) is 0 Å². The van der Waals surface area contributed by atoms with Gasteiger partial charge in [-0.2, -0.15) is 0 Å². The molecule has 0 atom stereocenters. The molecule has 4 heteroatoms. The van der Waals surface area contributed by atoms with Crippen LogP contribution in [-0.2, 0) is 0 Å². The maximum absolute atomic E-state index is 12.8. The van der Waals surface area contributed by atoms with Crippen LogP contribution < -0.4 is 5.19 Å². The Morgan fingerprint density at radius 3 is 1.83 bits per heavy atom. The molecule has 0 aromatic heterocycles. The molecule has 0 aliphatic carbocycles. The van der Waals surface area contributed by atoms with Gasteiger partial charge < -0.3 is 0 Å². The first-order chi connectivity index (χ1) is 5.46. The van der Waals surface area contributed by atoms with Crippen LogP contribution in [0.15, 0.2) is 0 Å². The van der Waals surface area contributed by atoms with Crippen molar-refractivity contribution in [1.82, 2.24) is 0 Å². The predicted molar refractivity (Wildman–Crippen MR) is 41.2 cm³/mol. The second-order valence-corrected chi connectivity index (χ2v) is 3.07. The topological polar surface area (TPSA) is 0 Å². The van der Waals surface area contributed by atoms with Crippen LogP contribution in [0.4, 0.5) is 13.2 Å². The first kappa shape index (κ1) is 9.32. The lowest BCUT2D eigenvalue weighted by Crippen LogP contribution is -2.18. The fraction of sp³-hybridized carbons (Fsp3) is 0.250. The van der Waals surface area contributed by atoms with E-state index in [1.807, 2.05) is 0 Å².